The predicted octanol–water partition coefficient (Wildman–Crippen LogP) is 3.63. The largest absolute Gasteiger partial charge is 0.408 e. The number of carbonyl (C=O) groups is 1. The van der Waals surface area contributed by atoms with Crippen molar-refractivity contribution < 1.29 is 18.0 Å². The molecule has 1 aliphatic rings. The molecule has 1 fully saturated rings. The molecule has 0 aliphatic heterocycles. The Labute approximate surface area is 186 Å². The van der Waals surface area contributed by atoms with Gasteiger partial charge in [-0.1, -0.05) is 18.2 Å². The van der Waals surface area contributed by atoms with Crippen molar-refractivity contribution in [3.8, 4) is 22.6 Å². The van der Waals surface area contributed by atoms with Crippen molar-refractivity contribution in [2.75, 3.05) is 0 Å². The molecule has 1 amide bonds. The summed E-state index contributed by atoms with van der Waals surface area (Å²) >= 11 is 0. The van der Waals surface area contributed by atoms with E-state index in [4.69, 9.17) is 0 Å². The number of hydrogen-bond acceptors (Lipinski definition) is 6. The van der Waals surface area contributed by atoms with Crippen molar-refractivity contribution in [1.29, 1.82) is 0 Å². The van der Waals surface area contributed by atoms with Crippen LogP contribution in [0.5, 0.6) is 0 Å². The monoisotopic (exact) mass is 453 g/mol. The molecule has 3 aromatic heterocycles. The molecule has 168 valence electrons. The van der Waals surface area contributed by atoms with Crippen LogP contribution in [0.1, 0.15) is 29.0 Å². The summed E-state index contributed by atoms with van der Waals surface area (Å²) in [6, 6.07) is 7.27. The van der Waals surface area contributed by atoms with Crippen molar-refractivity contribution in [3.05, 3.63) is 60.7 Å². The van der Waals surface area contributed by atoms with Gasteiger partial charge in [-0.3, -0.25) is 9.20 Å². The van der Waals surface area contributed by atoms with Crippen LogP contribution in [0.25, 0.3) is 28.3 Å². The molecule has 0 spiro atoms. The van der Waals surface area contributed by atoms with Crippen molar-refractivity contribution in [3.63, 3.8) is 0 Å². The molecule has 11 heteroatoms. The van der Waals surface area contributed by atoms with Gasteiger partial charge in [-0.25, -0.2) is 24.9 Å². The van der Waals surface area contributed by atoms with Gasteiger partial charge in [0.1, 0.15) is 25.0 Å². The number of nitrogens with zero attached hydrogens (tertiary/aromatic N) is 6. The fourth-order valence-electron chi connectivity index (χ4n) is 3.74. The average Bonchev–Trinajstić information content (AvgIpc) is 3.54. The minimum Gasteiger partial charge on any atom is -0.339 e. The molecule has 1 saturated carbocycles. The third-order valence-corrected chi connectivity index (χ3v) is 5.55. The summed E-state index contributed by atoms with van der Waals surface area (Å²) in [5.41, 5.74) is 2.78. The van der Waals surface area contributed by atoms with Gasteiger partial charge in [0.15, 0.2) is 17.2 Å². The number of hydrogen-bond donors (Lipinski definition) is 1. The average molecular weight is 453 g/mol. The molecule has 4 aromatic rings. The number of aryl methyl sites for hydroxylation is 1. The van der Waals surface area contributed by atoms with Gasteiger partial charge >= 0.3 is 6.18 Å². The van der Waals surface area contributed by atoms with E-state index < -0.39 is 24.0 Å². The summed E-state index contributed by atoms with van der Waals surface area (Å²) in [5.74, 6) is -0.992. The molecule has 0 radical (unpaired) electrons. The smallest absolute Gasteiger partial charge is 0.339 e. The summed E-state index contributed by atoms with van der Waals surface area (Å²) in [7, 11) is 0. The zero-order valence-electron chi connectivity index (χ0n) is 17.4. The Balaban J connectivity index is 1.52. The van der Waals surface area contributed by atoms with E-state index in [1.54, 1.807) is 11.3 Å². The van der Waals surface area contributed by atoms with E-state index in [0.29, 0.717) is 24.4 Å². The second-order valence-corrected chi connectivity index (χ2v) is 7.94. The summed E-state index contributed by atoms with van der Waals surface area (Å²) < 4.78 is 41.7. The number of halogens is 3. The maximum absolute atomic E-state index is 13.4. The van der Waals surface area contributed by atoms with E-state index in [1.165, 1.54) is 19.0 Å². The first-order valence-electron chi connectivity index (χ1n) is 10.3. The number of imidazole rings is 1. The van der Waals surface area contributed by atoms with Gasteiger partial charge in [0.05, 0.1) is 5.69 Å². The number of fused-ring (bicyclic) bond motifs is 1. The second-order valence-electron chi connectivity index (χ2n) is 7.94. The van der Waals surface area contributed by atoms with Crippen LogP contribution >= 0.6 is 0 Å². The number of alkyl halides is 3. The lowest BCUT2D eigenvalue weighted by molar-refractivity contribution is -0.158. The molecule has 0 bridgehead atoms. The Kier molecular flexibility index (Phi) is 5.03. The lowest BCUT2D eigenvalue weighted by Crippen LogP contribution is -2.47. The Morgan fingerprint density at radius 3 is 2.55 bits per heavy atom. The molecule has 0 saturated heterocycles. The molecular weight excluding hydrogens is 435 g/mol. The highest BCUT2D eigenvalue weighted by molar-refractivity contribution is 5.98. The lowest BCUT2D eigenvalue weighted by Gasteiger charge is -2.20. The van der Waals surface area contributed by atoms with Crippen molar-refractivity contribution in [2.24, 2.45) is 5.92 Å². The number of carbonyl (C=O) groups excluding carboxylic acids is 1. The molecule has 5 rings (SSSR count). The zero-order valence-corrected chi connectivity index (χ0v) is 17.4. The van der Waals surface area contributed by atoms with Crippen molar-refractivity contribution in [1.82, 2.24) is 34.6 Å². The molecule has 33 heavy (non-hydrogen) atoms. The second kappa shape index (κ2) is 7.91. The van der Waals surface area contributed by atoms with Gasteiger partial charge in [-0.05, 0) is 37.8 Å². The van der Waals surface area contributed by atoms with E-state index in [0.717, 1.165) is 16.8 Å². The molecule has 1 aromatic carbocycles. The molecule has 1 unspecified atom stereocenters. The molecule has 1 aliphatic carbocycles. The van der Waals surface area contributed by atoms with Gasteiger partial charge in [0.25, 0.3) is 5.91 Å². The highest BCUT2D eigenvalue weighted by Crippen LogP contribution is 2.40. The summed E-state index contributed by atoms with van der Waals surface area (Å²) in [4.78, 5) is 33.5. The minimum atomic E-state index is -4.52. The van der Waals surface area contributed by atoms with Gasteiger partial charge in [0, 0.05) is 16.8 Å². The van der Waals surface area contributed by atoms with Crippen LogP contribution in [-0.2, 0) is 0 Å². The predicted molar refractivity (Wildman–Crippen MR) is 112 cm³/mol. The zero-order chi connectivity index (χ0) is 23.2. The van der Waals surface area contributed by atoms with E-state index in [9.17, 15) is 18.0 Å². The summed E-state index contributed by atoms with van der Waals surface area (Å²) in [6.07, 6.45) is 0.543. The van der Waals surface area contributed by atoms with Gasteiger partial charge in [-0.2, -0.15) is 13.2 Å². The fraction of sp³-hybridized carbons (Fsp3) is 0.273. The maximum atomic E-state index is 13.4. The number of aromatic nitrogens is 6. The normalized spacial score (nSPS) is 14.9. The standard InChI is InChI=1S/C22H18F3N7O/c1-12-7-16(14-3-2-4-15(8-14)19-27-9-26-10-28-19)30-20-17(29-11-32(12)20)21(33)31-18(13-5-6-13)22(23,24)25/h2-4,7-11,13,18H,5-6H2,1H3,(H,31,33). The highest BCUT2D eigenvalue weighted by Gasteiger charge is 2.50. The van der Waals surface area contributed by atoms with Crippen molar-refractivity contribution >= 4 is 11.6 Å². The molecule has 3 heterocycles. The third kappa shape index (κ3) is 4.13. The molecular formula is C22H18F3N7O. The van der Waals surface area contributed by atoms with Crippen LogP contribution in [0.15, 0.2) is 49.3 Å². The molecule has 8 nitrogen and oxygen atoms in total. The van der Waals surface area contributed by atoms with E-state index in [2.05, 4.69) is 30.2 Å². The van der Waals surface area contributed by atoms with E-state index in [-0.39, 0.29) is 11.3 Å². The van der Waals surface area contributed by atoms with E-state index >= 15 is 0 Å². The Hall–Kier alpha value is -3.89. The molecule has 1 atom stereocenters. The van der Waals surface area contributed by atoms with E-state index in [1.807, 2.05) is 30.3 Å². The number of benzene rings is 1. The van der Waals surface area contributed by atoms with Crippen molar-refractivity contribution in [2.45, 2.75) is 32.0 Å². The number of nitrogens with one attached hydrogen (secondary N) is 1. The highest BCUT2D eigenvalue weighted by atomic mass is 19.4. The van der Waals surface area contributed by atoms with Crippen LogP contribution in [0.2, 0.25) is 0 Å². The maximum Gasteiger partial charge on any atom is 0.408 e. The number of amides is 1. The van der Waals surface area contributed by atoms with Crippen LogP contribution < -0.4 is 5.32 Å². The minimum absolute atomic E-state index is 0.150. The lowest BCUT2D eigenvalue weighted by atomic mass is 10.1. The SMILES string of the molecule is Cc1cc(-c2cccc(-c3ncncn3)c2)nc2c(C(=O)NC(C3CC3)C(F)(F)F)ncn12. The third-order valence-electron chi connectivity index (χ3n) is 5.55. The van der Waals surface area contributed by atoms with Crippen LogP contribution in [-0.4, -0.2) is 47.4 Å². The first-order valence-corrected chi connectivity index (χ1v) is 10.3. The van der Waals surface area contributed by atoms with Crippen LogP contribution in [0.3, 0.4) is 0 Å². The Morgan fingerprint density at radius 2 is 1.85 bits per heavy atom. The molecule has 1 N–H and O–H groups in total. The Morgan fingerprint density at radius 1 is 1.12 bits per heavy atom. The topological polar surface area (TPSA) is 98.0 Å². The fourth-order valence-corrected chi connectivity index (χ4v) is 3.74. The van der Waals surface area contributed by atoms with Gasteiger partial charge in [-0.15, -0.1) is 0 Å². The summed E-state index contributed by atoms with van der Waals surface area (Å²) in [5, 5.41) is 2.12. The van der Waals surface area contributed by atoms with Gasteiger partial charge in [0.2, 0.25) is 0 Å². The first-order chi connectivity index (χ1) is 15.8. The Bertz CT molecular complexity index is 1330. The first kappa shape index (κ1) is 21.0. The van der Waals surface area contributed by atoms with Crippen LogP contribution in [0.4, 0.5) is 13.2 Å². The van der Waals surface area contributed by atoms with Gasteiger partial charge < -0.3 is 5.32 Å². The number of rotatable bonds is 5. The summed E-state index contributed by atoms with van der Waals surface area (Å²) in [6.45, 7) is 1.81. The quantitative estimate of drug-likeness (QED) is 0.496. The van der Waals surface area contributed by atoms with Crippen LogP contribution in [0, 0.1) is 12.8 Å².